The smallest absolute Gasteiger partial charge is 0.137 e. The Morgan fingerprint density at radius 2 is 2.50 bits per heavy atom. The molecule has 0 amide bonds. The van der Waals surface area contributed by atoms with Crippen molar-refractivity contribution in [2.24, 2.45) is 11.8 Å². The molecule has 1 fully saturated rings. The fourth-order valence-electron chi connectivity index (χ4n) is 2.50. The molecule has 0 aromatic heterocycles. The van der Waals surface area contributed by atoms with Gasteiger partial charge in [0.15, 0.2) is 0 Å². The maximum atomic E-state index is 10.5. The second-order valence-electron chi connectivity index (χ2n) is 3.96. The van der Waals surface area contributed by atoms with Crippen LogP contribution in [0.5, 0.6) is 0 Å². The lowest BCUT2D eigenvalue weighted by Gasteiger charge is -2.25. The summed E-state index contributed by atoms with van der Waals surface area (Å²) in [4.78, 5) is 10.5. The van der Waals surface area contributed by atoms with Crippen LogP contribution in [-0.2, 0) is 14.3 Å². The molecule has 0 radical (unpaired) electrons. The van der Waals surface area contributed by atoms with Gasteiger partial charge in [0.05, 0.1) is 13.7 Å². The first-order chi connectivity index (χ1) is 6.86. The van der Waals surface area contributed by atoms with E-state index in [1.54, 1.807) is 7.11 Å². The van der Waals surface area contributed by atoms with Gasteiger partial charge >= 0.3 is 0 Å². The van der Waals surface area contributed by atoms with Gasteiger partial charge in [-0.15, -0.1) is 0 Å². The first kappa shape index (κ1) is 9.56. The van der Waals surface area contributed by atoms with Gasteiger partial charge in [0.2, 0.25) is 0 Å². The Kier molecular flexibility index (Phi) is 2.75. The van der Waals surface area contributed by atoms with E-state index < -0.39 is 0 Å². The number of ether oxygens (including phenoxy) is 2. The highest BCUT2D eigenvalue weighted by molar-refractivity contribution is 5.50. The molecule has 1 aliphatic heterocycles. The second kappa shape index (κ2) is 4.03. The van der Waals surface area contributed by atoms with E-state index in [4.69, 9.17) is 9.47 Å². The number of methoxy groups -OCH3 is 1. The van der Waals surface area contributed by atoms with Crippen molar-refractivity contribution in [1.29, 1.82) is 0 Å². The third kappa shape index (κ3) is 1.51. The Bertz CT molecular complexity index is 257. The fourth-order valence-corrected chi connectivity index (χ4v) is 2.50. The van der Waals surface area contributed by atoms with Gasteiger partial charge < -0.3 is 14.3 Å². The predicted octanol–water partition coefficient (Wildman–Crippen LogP) is 1.88. The standard InChI is InChI=1S/C11H16O3/c1-13-10-7-8(4-5-12)9-3-2-6-14-11(9)10/h5,8-9H,2-4,6-7H2,1H3. The van der Waals surface area contributed by atoms with Crippen molar-refractivity contribution >= 4 is 6.29 Å². The normalized spacial score (nSPS) is 30.9. The van der Waals surface area contributed by atoms with Gasteiger partial charge in [0.25, 0.3) is 0 Å². The summed E-state index contributed by atoms with van der Waals surface area (Å²) < 4.78 is 10.9. The molecule has 0 aromatic rings. The maximum Gasteiger partial charge on any atom is 0.137 e. The van der Waals surface area contributed by atoms with Gasteiger partial charge in [0.1, 0.15) is 17.8 Å². The Balaban J connectivity index is 2.13. The summed E-state index contributed by atoms with van der Waals surface area (Å²) in [6.45, 7) is 0.798. The molecular weight excluding hydrogens is 180 g/mol. The van der Waals surface area contributed by atoms with Crippen LogP contribution in [0, 0.1) is 11.8 Å². The van der Waals surface area contributed by atoms with Crippen molar-refractivity contribution in [2.45, 2.75) is 25.7 Å². The molecule has 2 unspecified atom stereocenters. The van der Waals surface area contributed by atoms with Gasteiger partial charge in [0, 0.05) is 18.8 Å². The van der Waals surface area contributed by atoms with Gasteiger partial charge in [-0.25, -0.2) is 0 Å². The number of carbonyl (C=O) groups is 1. The molecule has 14 heavy (non-hydrogen) atoms. The van der Waals surface area contributed by atoms with Crippen LogP contribution in [0.25, 0.3) is 0 Å². The second-order valence-corrected chi connectivity index (χ2v) is 3.96. The molecule has 1 saturated heterocycles. The molecule has 1 aliphatic carbocycles. The summed E-state index contributed by atoms with van der Waals surface area (Å²) in [5.41, 5.74) is 0. The van der Waals surface area contributed by atoms with Crippen molar-refractivity contribution in [3.8, 4) is 0 Å². The van der Waals surface area contributed by atoms with Crippen LogP contribution in [0.4, 0.5) is 0 Å². The quantitative estimate of drug-likeness (QED) is 0.646. The average molecular weight is 196 g/mol. The van der Waals surface area contributed by atoms with Gasteiger partial charge in [-0.2, -0.15) is 0 Å². The van der Waals surface area contributed by atoms with Crippen LogP contribution in [0.1, 0.15) is 25.7 Å². The van der Waals surface area contributed by atoms with Crippen LogP contribution in [-0.4, -0.2) is 20.0 Å². The van der Waals surface area contributed by atoms with Gasteiger partial charge in [-0.05, 0) is 18.8 Å². The maximum absolute atomic E-state index is 10.5. The molecule has 3 nitrogen and oxygen atoms in total. The number of aldehydes is 1. The van der Waals surface area contributed by atoms with E-state index >= 15 is 0 Å². The number of carbonyl (C=O) groups excluding carboxylic acids is 1. The zero-order valence-electron chi connectivity index (χ0n) is 8.49. The van der Waals surface area contributed by atoms with E-state index in [0.717, 1.165) is 43.7 Å². The molecule has 3 heteroatoms. The SMILES string of the molecule is COC1=C2OCCCC2C(CC=O)C1. The van der Waals surface area contributed by atoms with E-state index in [1.165, 1.54) is 0 Å². The zero-order valence-corrected chi connectivity index (χ0v) is 8.49. The summed E-state index contributed by atoms with van der Waals surface area (Å²) in [5.74, 6) is 2.83. The van der Waals surface area contributed by atoms with Crippen LogP contribution in [0.3, 0.4) is 0 Å². The molecule has 2 atom stereocenters. The van der Waals surface area contributed by atoms with Gasteiger partial charge in [-0.1, -0.05) is 0 Å². The highest BCUT2D eigenvalue weighted by atomic mass is 16.5. The van der Waals surface area contributed by atoms with Crippen LogP contribution < -0.4 is 0 Å². The van der Waals surface area contributed by atoms with Crippen molar-refractivity contribution < 1.29 is 14.3 Å². The van der Waals surface area contributed by atoms with E-state index in [0.29, 0.717) is 18.3 Å². The summed E-state index contributed by atoms with van der Waals surface area (Å²) >= 11 is 0. The Morgan fingerprint density at radius 3 is 3.21 bits per heavy atom. The highest BCUT2D eigenvalue weighted by Gasteiger charge is 2.38. The third-order valence-corrected chi connectivity index (χ3v) is 3.19. The Hall–Kier alpha value is -0.990. The summed E-state index contributed by atoms with van der Waals surface area (Å²) in [7, 11) is 1.68. The van der Waals surface area contributed by atoms with E-state index in [2.05, 4.69) is 0 Å². The monoisotopic (exact) mass is 196 g/mol. The lowest BCUT2D eigenvalue weighted by molar-refractivity contribution is -0.109. The first-order valence-electron chi connectivity index (χ1n) is 5.20. The highest BCUT2D eigenvalue weighted by Crippen LogP contribution is 2.44. The molecule has 2 aliphatic rings. The lowest BCUT2D eigenvalue weighted by atomic mass is 9.87. The number of fused-ring (bicyclic) bond motifs is 1. The van der Waals surface area contributed by atoms with Crippen LogP contribution >= 0.6 is 0 Å². The van der Waals surface area contributed by atoms with E-state index in [1.807, 2.05) is 0 Å². The minimum absolute atomic E-state index is 0.415. The fraction of sp³-hybridized carbons (Fsp3) is 0.727. The molecule has 0 aromatic carbocycles. The summed E-state index contributed by atoms with van der Waals surface area (Å²) in [6.07, 6.45) is 4.75. The van der Waals surface area contributed by atoms with Crippen molar-refractivity contribution in [3.05, 3.63) is 11.5 Å². The number of allylic oxidation sites excluding steroid dienone is 2. The molecule has 0 spiro atoms. The number of rotatable bonds is 3. The molecule has 0 N–H and O–H groups in total. The molecule has 1 heterocycles. The van der Waals surface area contributed by atoms with Gasteiger partial charge in [-0.3, -0.25) is 0 Å². The van der Waals surface area contributed by atoms with E-state index in [-0.39, 0.29) is 0 Å². The topological polar surface area (TPSA) is 35.5 Å². The van der Waals surface area contributed by atoms with Crippen LogP contribution in [0.2, 0.25) is 0 Å². The summed E-state index contributed by atoms with van der Waals surface area (Å²) in [5, 5.41) is 0. The molecule has 78 valence electrons. The van der Waals surface area contributed by atoms with Crippen molar-refractivity contribution in [1.82, 2.24) is 0 Å². The minimum atomic E-state index is 0.415. The molecule has 2 rings (SSSR count). The average Bonchev–Trinajstić information content (AvgIpc) is 2.58. The zero-order chi connectivity index (χ0) is 9.97. The number of hydrogen-bond acceptors (Lipinski definition) is 3. The first-order valence-corrected chi connectivity index (χ1v) is 5.20. The number of hydrogen-bond donors (Lipinski definition) is 0. The molecule has 0 bridgehead atoms. The van der Waals surface area contributed by atoms with Crippen LogP contribution in [0.15, 0.2) is 11.5 Å². The third-order valence-electron chi connectivity index (χ3n) is 3.19. The lowest BCUT2D eigenvalue weighted by Crippen LogP contribution is -2.19. The van der Waals surface area contributed by atoms with Crippen molar-refractivity contribution in [3.63, 3.8) is 0 Å². The van der Waals surface area contributed by atoms with Crippen molar-refractivity contribution in [2.75, 3.05) is 13.7 Å². The minimum Gasteiger partial charge on any atom is -0.498 e. The van der Waals surface area contributed by atoms with E-state index in [9.17, 15) is 4.79 Å². The molecular formula is C11H16O3. The Labute approximate surface area is 84.1 Å². The predicted molar refractivity (Wildman–Crippen MR) is 51.5 cm³/mol. The largest absolute Gasteiger partial charge is 0.498 e. The molecule has 0 saturated carbocycles. The Morgan fingerprint density at radius 1 is 1.64 bits per heavy atom. The summed E-state index contributed by atoms with van der Waals surface area (Å²) in [6, 6.07) is 0.